The molecule has 0 aromatic carbocycles. The third-order valence-corrected chi connectivity index (χ3v) is 1.55. The molecule has 0 aliphatic carbocycles. The number of methoxy groups -OCH3 is 1. The topological polar surface area (TPSA) is 61.8 Å². The zero-order valence-electron chi connectivity index (χ0n) is 9.28. The van der Waals surface area contributed by atoms with E-state index in [9.17, 15) is 9.59 Å². The molecule has 0 aliphatic rings. The number of ketones is 1. The van der Waals surface area contributed by atoms with Crippen LogP contribution < -0.4 is 0 Å². The first-order valence-corrected chi connectivity index (χ1v) is 4.94. The third kappa shape index (κ3) is 9.37. The summed E-state index contributed by atoms with van der Waals surface area (Å²) in [5, 5.41) is 0. The third-order valence-electron chi connectivity index (χ3n) is 1.55. The minimum atomic E-state index is -0.497. The van der Waals surface area contributed by atoms with E-state index in [-0.39, 0.29) is 18.8 Å². The smallest absolute Gasteiger partial charge is 0.313 e. The molecule has 0 aromatic rings. The summed E-state index contributed by atoms with van der Waals surface area (Å²) < 4.78 is 14.5. The summed E-state index contributed by atoms with van der Waals surface area (Å²) in [5.74, 6) is -0.756. The average Bonchev–Trinajstić information content (AvgIpc) is 2.17. The Morgan fingerprint density at radius 3 is 2.53 bits per heavy atom. The van der Waals surface area contributed by atoms with Crippen molar-refractivity contribution in [2.24, 2.45) is 0 Å². The van der Waals surface area contributed by atoms with Gasteiger partial charge in [0.25, 0.3) is 0 Å². The molecule has 0 spiro atoms. The van der Waals surface area contributed by atoms with Crippen molar-refractivity contribution in [3.8, 4) is 0 Å². The number of hydrogen-bond acceptors (Lipinski definition) is 5. The van der Waals surface area contributed by atoms with Crippen LogP contribution in [0.15, 0.2) is 0 Å². The SMILES string of the molecule is CCOC(=O)CC(=O)COCCCOC. The highest BCUT2D eigenvalue weighted by molar-refractivity contribution is 5.96. The minimum absolute atomic E-state index is 0.0392. The van der Waals surface area contributed by atoms with Gasteiger partial charge in [0.05, 0.1) is 6.61 Å². The summed E-state index contributed by atoms with van der Waals surface area (Å²) in [4.78, 5) is 22.0. The molecule has 15 heavy (non-hydrogen) atoms. The molecule has 88 valence electrons. The Morgan fingerprint density at radius 1 is 1.20 bits per heavy atom. The molecule has 0 N–H and O–H groups in total. The molecule has 0 aromatic heterocycles. The van der Waals surface area contributed by atoms with Gasteiger partial charge in [-0.25, -0.2) is 0 Å². The van der Waals surface area contributed by atoms with Crippen LogP contribution >= 0.6 is 0 Å². The van der Waals surface area contributed by atoms with E-state index in [1.165, 1.54) is 0 Å². The number of hydrogen-bond donors (Lipinski definition) is 0. The molecular weight excluding hydrogens is 200 g/mol. The maximum atomic E-state index is 11.1. The van der Waals surface area contributed by atoms with Gasteiger partial charge in [-0.2, -0.15) is 0 Å². The van der Waals surface area contributed by atoms with Crippen LogP contribution in [0.25, 0.3) is 0 Å². The van der Waals surface area contributed by atoms with Gasteiger partial charge in [-0.15, -0.1) is 0 Å². The fourth-order valence-electron chi connectivity index (χ4n) is 0.915. The lowest BCUT2D eigenvalue weighted by atomic mass is 10.3. The normalized spacial score (nSPS) is 10.0. The van der Waals surface area contributed by atoms with Crippen LogP contribution in [0.5, 0.6) is 0 Å². The monoisotopic (exact) mass is 218 g/mol. The lowest BCUT2D eigenvalue weighted by molar-refractivity contribution is -0.146. The molecule has 0 saturated heterocycles. The van der Waals surface area contributed by atoms with Crippen molar-refractivity contribution in [1.82, 2.24) is 0 Å². The molecule has 0 amide bonds. The zero-order chi connectivity index (χ0) is 11.5. The molecule has 0 heterocycles. The van der Waals surface area contributed by atoms with Crippen LogP contribution in [0.1, 0.15) is 19.8 Å². The minimum Gasteiger partial charge on any atom is -0.466 e. The summed E-state index contributed by atoms with van der Waals surface area (Å²) in [6, 6.07) is 0. The lowest BCUT2D eigenvalue weighted by Gasteiger charge is -2.03. The molecule has 0 rings (SSSR count). The summed E-state index contributed by atoms with van der Waals surface area (Å²) >= 11 is 0. The van der Waals surface area contributed by atoms with Gasteiger partial charge < -0.3 is 14.2 Å². The maximum absolute atomic E-state index is 11.1. The van der Waals surface area contributed by atoms with Gasteiger partial charge in [0.2, 0.25) is 0 Å². The lowest BCUT2D eigenvalue weighted by Crippen LogP contribution is -2.16. The van der Waals surface area contributed by atoms with Crippen molar-refractivity contribution in [2.45, 2.75) is 19.8 Å². The van der Waals surface area contributed by atoms with Crippen molar-refractivity contribution in [3.05, 3.63) is 0 Å². The van der Waals surface area contributed by atoms with E-state index >= 15 is 0 Å². The van der Waals surface area contributed by atoms with Crippen molar-refractivity contribution in [3.63, 3.8) is 0 Å². The Morgan fingerprint density at radius 2 is 1.93 bits per heavy atom. The molecular formula is C10H18O5. The summed E-state index contributed by atoms with van der Waals surface area (Å²) in [5.41, 5.74) is 0. The van der Waals surface area contributed by atoms with Crippen molar-refractivity contribution < 1.29 is 23.8 Å². The summed E-state index contributed by atoms with van der Waals surface area (Å²) in [6.07, 6.45) is 0.529. The van der Waals surface area contributed by atoms with Crippen LogP contribution in [-0.2, 0) is 23.8 Å². The number of ether oxygens (including phenoxy) is 3. The second-order valence-corrected chi connectivity index (χ2v) is 2.92. The van der Waals surface area contributed by atoms with Crippen LogP contribution in [0.3, 0.4) is 0 Å². The fourth-order valence-corrected chi connectivity index (χ4v) is 0.915. The van der Waals surface area contributed by atoms with Crippen molar-refractivity contribution in [1.29, 1.82) is 0 Å². The summed E-state index contributed by atoms with van der Waals surface area (Å²) in [7, 11) is 1.60. The van der Waals surface area contributed by atoms with E-state index < -0.39 is 5.97 Å². The first-order chi connectivity index (χ1) is 7.20. The Hall–Kier alpha value is -0.940. The Balaban J connectivity index is 3.37. The predicted octanol–water partition coefficient (Wildman–Crippen LogP) is 0.562. The van der Waals surface area contributed by atoms with E-state index in [4.69, 9.17) is 9.47 Å². The van der Waals surface area contributed by atoms with Gasteiger partial charge in [0.1, 0.15) is 13.0 Å². The number of carbonyl (C=O) groups excluding carboxylic acids is 2. The van der Waals surface area contributed by atoms with Gasteiger partial charge in [-0.3, -0.25) is 9.59 Å². The first-order valence-electron chi connectivity index (χ1n) is 4.94. The predicted molar refractivity (Wildman–Crippen MR) is 53.6 cm³/mol. The Kier molecular flexibility index (Phi) is 9.01. The van der Waals surface area contributed by atoms with E-state index in [1.54, 1.807) is 14.0 Å². The average molecular weight is 218 g/mol. The van der Waals surface area contributed by atoms with Gasteiger partial charge in [-0.1, -0.05) is 0 Å². The van der Waals surface area contributed by atoms with Crippen LogP contribution in [-0.4, -0.2) is 45.3 Å². The number of esters is 1. The quantitative estimate of drug-likeness (QED) is 0.321. The van der Waals surface area contributed by atoms with Crippen LogP contribution in [0, 0.1) is 0 Å². The van der Waals surface area contributed by atoms with Gasteiger partial charge in [0, 0.05) is 20.3 Å². The Bertz CT molecular complexity index is 190. The van der Waals surface area contributed by atoms with E-state index in [0.29, 0.717) is 19.8 Å². The molecule has 0 saturated carbocycles. The zero-order valence-corrected chi connectivity index (χ0v) is 9.28. The number of Topliss-reactive ketones (excluding diaryl/α,β-unsaturated/α-hetero) is 1. The van der Waals surface area contributed by atoms with Gasteiger partial charge >= 0.3 is 5.97 Å². The molecule has 0 unspecified atom stereocenters. The van der Waals surface area contributed by atoms with E-state index in [1.807, 2.05) is 0 Å². The van der Waals surface area contributed by atoms with Crippen molar-refractivity contribution in [2.75, 3.05) is 33.5 Å². The standard InChI is InChI=1S/C10H18O5/c1-3-15-10(12)7-9(11)8-14-6-4-5-13-2/h3-8H2,1-2H3. The fraction of sp³-hybridized carbons (Fsp3) is 0.800. The highest BCUT2D eigenvalue weighted by atomic mass is 16.5. The molecule has 5 heteroatoms. The highest BCUT2D eigenvalue weighted by Crippen LogP contribution is 1.91. The van der Waals surface area contributed by atoms with Crippen LogP contribution in [0.2, 0.25) is 0 Å². The van der Waals surface area contributed by atoms with E-state index in [2.05, 4.69) is 4.74 Å². The molecule has 0 bridgehead atoms. The largest absolute Gasteiger partial charge is 0.466 e. The van der Waals surface area contributed by atoms with Gasteiger partial charge in [-0.05, 0) is 13.3 Å². The van der Waals surface area contributed by atoms with Gasteiger partial charge in [0.15, 0.2) is 5.78 Å². The number of rotatable bonds is 9. The number of carbonyl (C=O) groups is 2. The first kappa shape index (κ1) is 14.1. The second kappa shape index (κ2) is 9.61. The molecule has 0 fully saturated rings. The van der Waals surface area contributed by atoms with E-state index in [0.717, 1.165) is 6.42 Å². The molecule has 0 atom stereocenters. The molecule has 0 aliphatic heterocycles. The highest BCUT2D eigenvalue weighted by Gasteiger charge is 2.09. The second-order valence-electron chi connectivity index (χ2n) is 2.92. The molecule has 5 nitrogen and oxygen atoms in total. The molecule has 0 radical (unpaired) electrons. The summed E-state index contributed by atoms with van der Waals surface area (Å²) in [6.45, 7) is 3.02. The Labute approximate surface area is 89.7 Å². The van der Waals surface area contributed by atoms with Crippen LogP contribution in [0.4, 0.5) is 0 Å². The van der Waals surface area contributed by atoms with Crippen molar-refractivity contribution >= 4 is 11.8 Å². The maximum Gasteiger partial charge on any atom is 0.313 e.